The van der Waals surface area contributed by atoms with E-state index in [2.05, 4.69) is 10.6 Å². The molecule has 4 aromatic rings. The van der Waals surface area contributed by atoms with Gasteiger partial charge in [0.05, 0.1) is 28.9 Å². The van der Waals surface area contributed by atoms with Gasteiger partial charge in [-0.25, -0.2) is 8.42 Å². The van der Waals surface area contributed by atoms with Crippen molar-refractivity contribution in [2.24, 2.45) is 0 Å². The van der Waals surface area contributed by atoms with E-state index in [0.29, 0.717) is 6.54 Å². The predicted octanol–water partition coefficient (Wildman–Crippen LogP) is 5.42. The standard InChI is InChI=1S/C30H28ClN3O5S/c1-21-12-15-24(16-13-21)40(37,38)34(27-18-23(31)14-17-28(27)39-2)20-29(35)33-26-11-7-6-10-25(26)30(36)32-19-22-8-4-3-5-9-22/h3-18H,19-20H2,1-2H3,(H,32,36)(H,33,35). The van der Waals surface area contributed by atoms with Gasteiger partial charge in [-0.1, -0.05) is 71.8 Å². The van der Waals surface area contributed by atoms with E-state index in [-0.39, 0.29) is 38.5 Å². The molecular weight excluding hydrogens is 550 g/mol. The van der Waals surface area contributed by atoms with Crippen LogP contribution in [0.25, 0.3) is 0 Å². The van der Waals surface area contributed by atoms with E-state index in [1.165, 1.54) is 31.4 Å². The van der Waals surface area contributed by atoms with Crippen molar-refractivity contribution in [1.82, 2.24) is 5.32 Å². The predicted molar refractivity (Wildman–Crippen MR) is 156 cm³/mol. The molecular formula is C30H28ClN3O5S. The Morgan fingerprint density at radius 1 is 0.900 bits per heavy atom. The van der Waals surface area contributed by atoms with Gasteiger partial charge in [0.1, 0.15) is 12.3 Å². The molecule has 0 unspecified atom stereocenters. The summed E-state index contributed by atoms with van der Waals surface area (Å²) < 4.78 is 33.9. The number of aryl methyl sites for hydroxylation is 1. The molecule has 40 heavy (non-hydrogen) atoms. The molecule has 0 aliphatic rings. The number of halogens is 1. The van der Waals surface area contributed by atoms with Gasteiger partial charge in [0.15, 0.2) is 0 Å². The largest absolute Gasteiger partial charge is 0.495 e. The number of rotatable bonds is 10. The second-order valence-corrected chi connectivity index (χ2v) is 11.2. The van der Waals surface area contributed by atoms with Crippen molar-refractivity contribution >= 4 is 44.8 Å². The molecule has 2 amide bonds. The summed E-state index contributed by atoms with van der Waals surface area (Å²) in [6, 6.07) is 26.7. The van der Waals surface area contributed by atoms with Crippen molar-refractivity contribution in [3.63, 3.8) is 0 Å². The second-order valence-electron chi connectivity index (χ2n) is 8.90. The Bertz CT molecular complexity index is 1610. The van der Waals surface area contributed by atoms with Crippen LogP contribution in [0.1, 0.15) is 21.5 Å². The fraction of sp³-hybridized carbons (Fsp3) is 0.133. The number of amides is 2. The lowest BCUT2D eigenvalue weighted by atomic mass is 10.1. The zero-order chi connectivity index (χ0) is 28.7. The Balaban J connectivity index is 1.62. The van der Waals surface area contributed by atoms with Crippen LogP contribution in [0.5, 0.6) is 5.75 Å². The fourth-order valence-electron chi connectivity index (χ4n) is 3.98. The number of nitrogens with one attached hydrogen (secondary N) is 2. The molecule has 0 heterocycles. The van der Waals surface area contributed by atoms with Crippen molar-refractivity contribution in [3.8, 4) is 5.75 Å². The van der Waals surface area contributed by atoms with Crippen molar-refractivity contribution in [2.75, 3.05) is 23.3 Å². The van der Waals surface area contributed by atoms with E-state index in [4.69, 9.17) is 16.3 Å². The zero-order valence-corrected chi connectivity index (χ0v) is 23.5. The molecule has 0 saturated carbocycles. The lowest BCUT2D eigenvalue weighted by molar-refractivity contribution is -0.114. The summed E-state index contributed by atoms with van der Waals surface area (Å²) in [7, 11) is -2.82. The molecule has 10 heteroatoms. The molecule has 0 atom stereocenters. The number of sulfonamides is 1. The number of para-hydroxylation sites is 1. The van der Waals surface area contributed by atoms with E-state index >= 15 is 0 Å². The molecule has 0 spiro atoms. The molecule has 8 nitrogen and oxygen atoms in total. The minimum Gasteiger partial charge on any atom is -0.495 e. The third-order valence-corrected chi connectivity index (χ3v) is 8.06. The first-order valence-corrected chi connectivity index (χ1v) is 14.1. The summed E-state index contributed by atoms with van der Waals surface area (Å²) in [5, 5.41) is 5.80. The molecule has 2 N–H and O–H groups in total. The molecule has 0 aliphatic heterocycles. The van der Waals surface area contributed by atoms with Gasteiger partial charge in [0.2, 0.25) is 5.91 Å². The third kappa shape index (κ3) is 6.80. The van der Waals surface area contributed by atoms with E-state index in [9.17, 15) is 18.0 Å². The Kier molecular flexibility index (Phi) is 9.08. The first-order chi connectivity index (χ1) is 19.2. The fourth-order valence-corrected chi connectivity index (χ4v) is 5.57. The SMILES string of the molecule is COc1ccc(Cl)cc1N(CC(=O)Nc1ccccc1C(=O)NCc1ccccc1)S(=O)(=O)c1ccc(C)cc1. The highest BCUT2D eigenvalue weighted by Gasteiger charge is 2.30. The molecule has 0 bridgehead atoms. The summed E-state index contributed by atoms with van der Waals surface area (Å²) >= 11 is 6.21. The van der Waals surface area contributed by atoms with Crippen LogP contribution in [0.15, 0.2) is 102 Å². The molecule has 0 saturated heterocycles. The first-order valence-electron chi connectivity index (χ1n) is 12.3. The van der Waals surface area contributed by atoms with Crippen LogP contribution in [0.3, 0.4) is 0 Å². The minimum absolute atomic E-state index is 0.00591. The number of hydrogen-bond donors (Lipinski definition) is 2. The summed E-state index contributed by atoms with van der Waals surface area (Å²) in [6.07, 6.45) is 0. The quantitative estimate of drug-likeness (QED) is 0.262. The maximum atomic E-state index is 13.8. The summed E-state index contributed by atoms with van der Waals surface area (Å²) in [5.74, 6) is -0.838. The monoisotopic (exact) mass is 577 g/mol. The number of ether oxygens (including phenoxy) is 1. The Morgan fingerprint density at radius 2 is 1.57 bits per heavy atom. The van der Waals surface area contributed by atoms with Crippen molar-refractivity contribution < 1.29 is 22.7 Å². The normalized spacial score (nSPS) is 11.0. The van der Waals surface area contributed by atoms with Crippen molar-refractivity contribution in [3.05, 3.63) is 119 Å². The zero-order valence-electron chi connectivity index (χ0n) is 21.9. The molecule has 206 valence electrons. The van der Waals surface area contributed by atoms with E-state index in [1.807, 2.05) is 37.3 Å². The topological polar surface area (TPSA) is 105 Å². The Morgan fingerprint density at radius 3 is 2.27 bits per heavy atom. The third-order valence-electron chi connectivity index (χ3n) is 6.05. The Hall–Kier alpha value is -4.34. The number of benzene rings is 4. The van der Waals surface area contributed by atoms with Gasteiger partial charge >= 0.3 is 0 Å². The smallest absolute Gasteiger partial charge is 0.264 e. The number of nitrogens with zero attached hydrogens (tertiary/aromatic N) is 1. The average molecular weight is 578 g/mol. The van der Waals surface area contributed by atoms with Gasteiger partial charge in [-0.2, -0.15) is 0 Å². The van der Waals surface area contributed by atoms with Gasteiger partial charge < -0.3 is 15.4 Å². The highest BCUT2D eigenvalue weighted by atomic mass is 35.5. The van der Waals surface area contributed by atoms with Crippen LogP contribution >= 0.6 is 11.6 Å². The van der Waals surface area contributed by atoms with Crippen LogP contribution in [0.4, 0.5) is 11.4 Å². The van der Waals surface area contributed by atoms with Crippen LogP contribution < -0.4 is 19.7 Å². The highest BCUT2D eigenvalue weighted by molar-refractivity contribution is 7.92. The van der Waals surface area contributed by atoms with Gasteiger partial charge in [-0.3, -0.25) is 13.9 Å². The second kappa shape index (κ2) is 12.7. The molecule has 0 aromatic heterocycles. The summed E-state index contributed by atoms with van der Waals surface area (Å²) in [4.78, 5) is 26.3. The van der Waals surface area contributed by atoms with Crippen LogP contribution in [0, 0.1) is 6.92 Å². The first kappa shape index (κ1) is 28.7. The highest BCUT2D eigenvalue weighted by Crippen LogP contribution is 2.35. The molecule has 4 aromatic carbocycles. The maximum absolute atomic E-state index is 13.8. The summed E-state index contributed by atoms with van der Waals surface area (Å²) in [5.41, 5.74) is 2.37. The number of hydrogen-bond acceptors (Lipinski definition) is 5. The van der Waals surface area contributed by atoms with Crippen LogP contribution in [-0.2, 0) is 21.4 Å². The average Bonchev–Trinajstić information content (AvgIpc) is 2.95. The minimum atomic E-state index is -4.22. The number of carbonyl (C=O) groups is 2. The van der Waals surface area contributed by atoms with Gasteiger partial charge in [-0.15, -0.1) is 0 Å². The number of methoxy groups -OCH3 is 1. The maximum Gasteiger partial charge on any atom is 0.264 e. The van der Waals surface area contributed by atoms with Gasteiger partial charge in [-0.05, 0) is 55.0 Å². The molecule has 0 aliphatic carbocycles. The van der Waals surface area contributed by atoms with E-state index in [1.54, 1.807) is 42.5 Å². The summed E-state index contributed by atoms with van der Waals surface area (Å²) in [6.45, 7) is 1.54. The van der Waals surface area contributed by atoms with Gasteiger partial charge in [0.25, 0.3) is 15.9 Å². The lowest BCUT2D eigenvalue weighted by Gasteiger charge is -2.26. The van der Waals surface area contributed by atoms with Crippen molar-refractivity contribution in [2.45, 2.75) is 18.4 Å². The molecule has 0 radical (unpaired) electrons. The van der Waals surface area contributed by atoms with Crippen molar-refractivity contribution in [1.29, 1.82) is 0 Å². The van der Waals surface area contributed by atoms with Crippen LogP contribution in [0.2, 0.25) is 5.02 Å². The molecule has 0 fully saturated rings. The van der Waals surface area contributed by atoms with E-state index < -0.39 is 22.5 Å². The van der Waals surface area contributed by atoms with Gasteiger partial charge in [0, 0.05) is 11.6 Å². The number of anilines is 2. The number of carbonyl (C=O) groups excluding carboxylic acids is 2. The Labute approximate surface area is 238 Å². The van der Waals surface area contributed by atoms with Crippen LogP contribution in [-0.4, -0.2) is 33.9 Å². The molecule has 4 rings (SSSR count). The lowest BCUT2D eigenvalue weighted by Crippen LogP contribution is -2.38. The van der Waals surface area contributed by atoms with E-state index in [0.717, 1.165) is 15.4 Å².